The summed E-state index contributed by atoms with van der Waals surface area (Å²) in [5.41, 5.74) is 5.84. The fourth-order valence-electron chi connectivity index (χ4n) is 0.328. The number of nitrogens with two attached hydrogens (primary N) is 1. The van der Waals surface area contributed by atoms with Crippen LogP contribution in [0, 0.1) is 11.3 Å². The van der Waals surface area contributed by atoms with Crippen LogP contribution in [0.3, 0.4) is 0 Å². The summed E-state index contributed by atoms with van der Waals surface area (Å²) in [6.45, 7) is 0. The highest BCUT2D eigenvalue weighted by molar-refractivity contribution is 5.01. The van der Waals surface area contributed by atoms with Crippen molar-refractivity contribution in [3.05, 3.63) is 11.9 Å². The van der Waals surface area contributed by atoms with Gasteiger partial charge >= 0.3 is 0 Å². The molecule has 0 aromatic heterocycles. The largest absolute Gasteiger partial charge is 0.400 e. The molecule has 0 aliphatic heterocycles. The highest BCUT2D eigenvalue weighted by Crippen LogP contribution is 1.84. The minimum absolute atomic E-state index is 0.292. The zero-order valence-electron chi connectivity index (χ0n) is 4.81. The van der Waals surface area contributed by atoms with Crippen molar-refractivity contribution >= 4 is 0 Å². The SMILES string of the molecule is CN/C=C(\N)CC#N. The molecule has 0 saturated carbocycles. The van der Waals surface area contributed by atoms with E-state index in [4.69, 9.17) is 11.0 Å². The Morgan fingerprint density at radius 2 is 2.62 bits per heavy atom. The van der Waals surface area contributed by atoms with E-state index in [0.717, 1.165) is 0 Å². The lowest BCUT2D eigenvalue weighted by molar-refractivity contribution is 1.03. The Hall–Kier alpha value is -1.17. The zero-order chi connectivity index (χ0) is 6.41. The summed E-state index contributed by atoms with van der Waals surface area (Å²) in [7, 11) is 1.74. The molecule has 0 aromatic rings. The average Bonchev–Trinajstić information content (AvgIpc) is 1.68. The fourth-order valence-corrected chi connectivity index (χ4v) is 0.328. The van der Waals surface area contributed by atoms with E-state index in [-0.39, 0.29) is 0 Å². The number of allylic oxidation sites excluding steroid dienone is 1. The Morgan fingerprint density at radius 1 is 2.00 bits per heavy atom. The van der Waals surface area contributed by atoms with Crippen molar-refractivity contribution in [2.24, 2.45) is 5.73 Å². The Kier molecular flexibility index (Phi) is 3.42. The minimum atomic E-state index is 0.292. The van der Waals surface area contributed by atoms with Crippen LogP contribution in [0.15, 0.2) is 11.9 Å². The van der Waals surface area contributed by atoms with Gasteiger partial charge in [0.2, 0.25) is 0 Å². The maximum Gasteiger partial charge on any atom is 0.0761 e. The number of hydrogen-bond acceptors (Lipinski definition) is 3. The maximum atomic E-state index is 8.06. The molecule has 0 atom stereocenters. The van der Waals surface area contributed by atoms with Crippen LogP contribution in [0.25, 0.3) is 0 Å². The molecule has 0 aliphatic rings. The van der Waals surface area contributed by atoms with Crippen LogP contribution < -0.4 is 11.1 Å². The summed E-state index contributed by atoms with van der Waals surface area (Å²) in [5, 5.41) is 10.8. The van der Waals surface area contributed by atoms with Gasteiger partial charge in [0.1, 0.15) is 0 Å². The second-order valence-electron chi connectivity index (χ2n) is 1.34. The van der Waals surface area contributed by atoms with Gasteiger partial charge in [0.15, 0.2) is 0 Å². The molecule has 0 spiro atoms. The van der Waals surface area contributed by atoms with E-state index in [2.05, 4.69) is 5.32 Å². The van der Waals surface area contributed by atoms with Crippen molar-refractivity contribution < 1.29 is 0 Å². The predicted molar refractivity (Wildman–Crippen MR) is 31.6 cm³/mol. The smallest absolute Gasteiger partial charge is 0.0761 e. The molecule has 0 amide bonds. The van der Waals surface area contributed by atoms with Gasteiger partial charge < -0.3 is 11.1 Å². The van der Waals surface area contributed by atoms with Crippen molar-refractivity contribution in [1.29, 1.82) is 5.26 Å². The van der Waals surface area contributed by atoms with Gasteiger partial charge in [-0.2, -0.15) is 5.26 Å². The molecule has 3 nitrogen and oxygen atoms in total. The molecule has 44 valence electrons. The van der Waals surface area contributed by atoms with Crippen LogP contribution >= 0.6 is 0 Å². The van der Waals surface area contributed by atoms with Crippen molar-refractivity contribution in [2.75, 3.05) is 7.05 Å². The van der Waals surface area contributed by atoms with E-state index in [1.54, 1.807) is 13.2 Å². The molecule has 8 heavy (non-hydrogen) atoms. The van der Waals surface area contributed by atoms with E-state index in [0.29, 0.717) is 12.1 Å². The molecule has 0 heterocycles. The van der Waals surface area contributed by atoms with E-state index >= 15 is 0 Å². The standard InChI is InChI=1S/C5H9N3/c1-8-4-5(7)2-3-6/h4,8H,2,7H2,1H3/b5-4-. The maximum absolute atomic E-state index is 8.06. The van der Waals surface area contributed by atoms with E-state index < -0.39 is 0 Å². The molecule has 0 saturated heterocycles. The summed E-state index contributed by atoms with van der Waals surface area (Å²) < 4.78 is 0. The number of rotatable bonds is 2. The average molecular weight is 111 g/mol. The molecule has 0 aromatic carbocycles. The summed E-state index contributed by atoms with van der Waals surface area (Å²) in [6, 6.07) is 1.92. The molecular formula is C5H9N3. The summed E-state index contributed by atoms with van der Waals surface area (Å²) >= 11 is 0. The number of nitriles is 1. The zero-order valence-corrected chi connectivity index (χ0v) is 4.81. The lowest BCUT2D eigenvalue weighted by Gasteiger charge is -1.90. The molecule has 0 fully saturated rings. The second kappa shape index (κ2) is 4.00. The normalized spacial score (nSPS) is 10.2. The quantitative estimate of drug-likeness (QED) is 0.524. The van der Waals surface area contributed by atoms with Gasteiger partial charge in [-0.1, -0.05) is 0 Å². The van der Waals surface area contributed by atoms with Gasteiger partial charge in [-0.25, -0.2) is 0 Å². The first-order valence-electron chi connectivity index (χ1n) is 2.30. The molecular weight excluding hydrogens is 102 g/mol. The van der Waals surface area contributed by atoms with Crippen molar-refractivity contribution in [2.45, 2.75) is 6.42 Å². The van der Waals surface area contributed by atoms with Crippen LogP contribution in [0.4, 0.5) is 0 Å². The van der Waals surface area contributed by atoms with E-state index in [9.17, 15) is 0 Å². The third-order valence-electron chi connectivity index (χ3n) is 0.613. The monoisotopic (exact) mass is 111 g/mol. The Morgan fingerprint density at radius 3 is 3.00 bits per heavy atom. The lowest BCUT2D eigenvalue weighted by Crippen LogP contribution is -2.02. The lowest BCUT2D eigenvalue weighted by atomic mass is 10.4. The topological polar surface area (TPSA) is 61.8 Å². The fraction of sp³-hybridized carbons (Fsp3) is 0.400. The van der Waals surface area contributed by atoms with Gasteiger partial charge in [0, 0.05) is 18.9 Å². The van der Waals surface area contributed by atoms with Crippen LogP contribution in [0.5, 0.6) is 0 Å². The van der Waals surface area contributed by atoms with Gasteiger partial charge in [0.25, 0.3) is 0 Å². The van der Waals surface area contributed by atoms with E-state index in [1.165, 1.54) is 0 Å². The van der Waals surface area contributed by atoms with Gasteiger partial charge in [-0.3, -0.25) is 0 Å². The van der Waals surface area contributed by atoms with Crippen molar-refractivity contribution in [3.63, 3.8) is 0 Å². The third kappa shape index (κ3) is 3.04. The summed E-state index contributed by atoms with van der Waals surface area (Å²) in [4.78, 5) is 0. The molecule has 0 bridgehead atoms. The van der Waals surface area contributed by atoms with Crippen LogP contribution in [0.1, 0.15) is 6.42 Å². The summed E-state index contributed by atoms with van der Waals surface area (Å²) in [5.74, 6) is 0. The van der Waals surface area contributed by atoms with E-state index in [1.807, 2.05) is 6.07 Å². The Balaban J connectivity index is 3.49. The highest BCUT2D eigenvalue weighted by atomic mass is 14.8. The van der Waals surface area contributed by atoms with Crippen LogP contribution in [0.2, 0.25) is 0 Å². The van der Waals surface area contributed by atoms with Crippen LogP contribution in [-0.4, -0.2) is 7.05 Å². The first-order valence-corrected chi connectivity index (χ1v) is 2.30. The van der Waals surface area contributed by atoms with Crippen LogP contribution in [-0.2, 0) is 0 Å². The molecule has 3 heteroatoms. The Bertz CT molecular complexity index is 120. The number of hydrogen-bond donors (Lipinski definition) is 2. The molecule has 3 N–H and O–H groups in total. The minimum Gasteiger partial charge on any atom is -0.400 e. The van der Waals surface area contributed by atoms with Gasteiger partial charge in [-0.15, -0.1) is 0 Å². The number of nitrogens with zero attached hydrogens (tertiary/aromatic N) is 1. The van der Waals surface area contributed by atoms with Crippen molar-refractivity contribution in [1.82, 2.24) is 5.32 Å². The molecule has 0 aliphatic carbocycles. The summed E-state index contributed by atoms with van der Waals surface area (Å²) in [6.07, 6.45) is 1.89. The Labute approximate surface area is 48.8 Å². The predicted octanol–water partition coefficient (Wildman–Crippen LogP) is -0.0804. The van der Waals surface area contributed by atoms with Gasteiger partial charge in [0.05, 0.1) is 12.5 Å². The first-order chi connectivity index (χ1) is 3.81. The third-order valence-corrected chi connectivity index (χ3v) is 0.613. The number of nitrogens with one attached hydrogen (secondary N) is 1. The van der Waals surface area contributed by atoms with Gasteiger partial charge in [-0.05, 0) is 0 Å². The molecule has 0 radical (unpaired) electrons. The molecule has 0 unspecified atom stereocenters. The second-order valence-corrected chi connectivity index (χ2v) is 1.34. The first kappa shape index (κ1) is 6.83. The highest BCUT2D eigenvalue weighted by Gasteiger charge is 1.82. The van der Waals surface area contributed by atoms with Crippen molar-refractivity contribution in [3.8, 4) is 6.07 Å². The molecule has 0 rings (SSSR count).